The van der Waals surface area contributed by atoms with Crippen molar-refractivity contribution in [1.82, 2.24) is 9.62 Å². The third-order valence-corrected chi connectivity index (χ3v) is 5.87. The minimum Gasteiger partial charge on any atom is -0.494 e. The highest BCUT2D eigenvalue weighted by Gasteiger charge is 2.39. The van der Waals surface area contributed by atoms with Crippen molar-refractivity contribution in [2.75, 3.05) is 26.2 Å². The van der Waals surface area contributed by atoms with Crippen LogP contribution in [0.3, 0.4) is 0 Å². The zero-order valence-electron chi connectivity index (χ0n) is 13.1. The fourth-order valence-corrected chi connectivity index (χ4v) is 4.51. The highest BCUT2D eigenvalue weighted by atomic mass is 32.2. The van der Waals surface area contributed by atoms with Crippen LogP contribution in [0.4, 0.5) is 0 Å². The highest BCUT2D eigenvalue weighted by molar-refractivity contribution is 7.89. The summed E-state index contributed by atoms with van der Waals surface area (Å²) in [4.78, 5) is 0.332. The Bertz CT molecular complexity index is 611. The van der Waals surface area contributed by atoms with Gasteiger partial charge in [-0.25, -0.2) is 8.42 Å². The summed E-state index contributed by atoms with van der Waals surface area (Å²) in [7, 11) is -3.49. The summed E-state index contributed by atoms with van der Waals surface area (Å²) >= 11 is 0. The second-order valence-corrected chi connectivity index (χ2v) is 7.79. The van der Waals surface area contributed by atoms with Crippen LogP contribution in [0.25, 0.3) is 0 Å². The zero-order chi connectivity index (χ0) is 15.7. The highest BCUT2D eigenvalue weighted by Crippen LogP contribution is 2.28. The molecule has 0 atom stereocenters. The van der Waals surface area contributed by atoms with Gasteiger partial charge in [0.2, 0.25) is 10.0 Å². The second kappa shape index (κ2) is 5.94. The lowest BCUT2D eigenvalue weighted by atomic mass is 10.0. The molecule has 1 fully saturated rings. The van der Waals surface area contributed by atoms with E-state index >= 15 is 0 Å². The molecule has 2 rings (SSSR count). The molecule has 1 aliphatic heterocycles. The topological polar surface area (TPSA) is 58.6 Å². The first-order chi connectivity index (χ1) is 9.79. The third kappa shape index (κ3) is 3.22. The van der Waals surface area contributed by atoms with Gasteiger partial charge in [0.25, 0.3) is 0 Å². The average molecular weight is 312 g/mol. The molecule has 1 N–H and O–H groups in total. The second-order valence-electron chi connectivity index (χ2n) is 5.93. The molecule has 0 spiro atoms. The van der Waals surface area contributed by atoms with Crippen LogP contribution in [0, 0.1) is 6.92 Å². The quantitative estimate of drug-likeness (QED) is 0.920. The summed E-state index contributed by atoms with van der Waals surface area (Å²) in [5.74, 6) is 0.732. The molecule has 118 valence electrons. The zero-order valence-corrected chi connectivity index (χ0v) is 14.0. The lowest BCUT2D eigenvalue weighted by Crippen LogP contribution is -2.59. The molecule has 1 aliphatic rings. The molecule has 0 unspecified atom stereocenters. The number of sulfonamides is 1. The van der Waals surface area contributed by atoms with Gasteiger partial charge in [-0.05, 0) is 51.5 Å². The van der Waals surface area contributed by atoms with Crippen LogP contribution >= 0.6 is 0 Å². The lowest BCUT2D eigenvalue weighted by molar-refractivity contribution is 0.186. The van der Waals surface area contributed by atoms with Gasteiger partial charge in [0.1, 0.15) is 5.75 Å². The normalized spacial score (nSPS) is 19.4. The van der Waals surface area contributed by atoms with E-state index in [9.17, 15) is 8.42 Å². The van der Waals surface area contributed by atoms with E-state index in [1.54, 1.807) is 22.5 Å². The van der Waals surface area contributed by atoms with E-state index < -0.39 is 15.6 Å². The van der Waals surface area contributed by atoms with Crippen molar-refractivity contribution in [3.8, 4) is 5.75 Å². The van der Waals surface area contributed by atoms with Crippen molar-refractivity contribution in [2.45, 2.75) is 38.1 Å². The van der Waals surface area contributed by atoms with Crippen LogP contribution < -0.4 is 10.1 Å². The number of nitrogens with one attached hydrogen (secondary N) is 1. The van der Waals surface area contributed by atoms with Gasteiger partial charge >= 0.3 is 0 Å². The Hall–Kier alpha value is -1.11. The Morgan fingerprint density at radius 2 is 2.10 bits per heavy atom. The van der Waals surface area contributed by atoms with Crippen LogP contribution in [-0.4, -0.2) is 44.5 Å². The van der Waals surface area contributed by atoms with Crippen molar-refractivity contribution in [2.24, 2.45) is 0 Å². The molecule has 0 aromatic heterocycles. The predicted molar refractivity (Wildman–Crippen MR) is 83.2 cm³/mol. The summed E-state index contributed by atoms with van der Waals surface area (Å²) in [6.45, 7) is 10.1. The number of hydrogen-bond donors (Lipinski definition) is 1. The molecule has 0 saturated carbocycles. The Morgan fingerprint density at radius 1 is 1.38 bits per heavy atom. The maximum absolute atomic E-state index is 12.9. The van der Waals surface area contributed by atoms with E-state index in [0.717, 1.165) is 11.3 Å². The monoisotopic (exact) mass is 312 g/mol. The summed E-state index contributed by atoms with van der Waals surface area (Å²) in [6, 6.07) is 5.06. The molecular weight excluding hydrogens is 288 g/mol. The van der Waals surface area contributed by atoms with Crippen LogP contribution in [0.2, 0.25) is 0 Å². The minimum atomic E-state index is -3.49. The van der Waals surface area contributed by atoms with Crippen molar-refractivity contribution in [3.63, 3.8) is 0 Å². The van der Waals surface area contributed by atoms with E-state index in [1.807, 2.05) is 27.7 Å². The van der Waals surface area contributed by atoms with Crippen molar-refractivity contribution in [3.05, 3.63) is 23.8 Å². The molecule has 1 aromatic rings. The van der Waals surface area contributed by atoms with E-state index in [2.05, 4.69) is 5.32 Å². The van der Waals surface area contributed by atoms with Gasteiger partial charge in [0, 0.05) is 25.2 Å². The first kappa shape index (κ1) is 16.3. The molecule has 6 heteroatoms. The van der Waals surface area contributed by atoms with Crippen molar-refractivity contribution >= 4 is 10.0 Å². The van der Waals surface area contributed by atoms with Crippen LogP contribution in [0.5, 0.6) is 5.75 Å². The number of benzene rings is 1. The molecule has 1 aromatic carbocycles. The third-order valence-electron chi connectivity index (χ3n) is 3.76. The number of piperazine rings is 1. The largest absolute Gasteiger partial charge is 0.494 e. The maximum atomic E-state index is 12.9. The van der Waals surface area contributed by atoms with E-state index in [0.29, 0.717) is 31.1 Å². The summed E-state index contributed by atoms with van der Waals surface area (Å²) < 4.78 is 32.8. The van der Waals surface area contributed by atoms with Gasteiger partial charge in [-0.3, -0.25) is 0 Å². The molecule has 21 heavy (non-hydrogen) atoms. The van der Waals surface area contributed by atoms with Gasteiger partial charge < -0.3 is 10.1 Å². The van der Waals surface area contributed by atoms with Crippen molar-refractivity contribution < 1.29 is 13.2 Å². The molecule has 0 bridgehead atoms. The first-order valence-corrected chi connectivity index (χ1v) is 8.70. The molecular formula is C15H24N2O3S. The Balaban J connectivity index is 2.37. The maximum Gasteiger partial charge on any atom is 0.243 e. The molecule has 0 aliphatic carbocycles. The lowest BCUT2D eigenvalue weighted by Gasteiger charge is -2.41. The molecule has 5 nitrogen and oxygen atoms in total. The van der Waals surface area contributed by atoms with Crippen LogP contribution in [0.1, 0.15) is 26.3 Å². The van der Waals surface area contributed by atoms with Crippen LogP contribution in [0.15, 0.2) is 23.1 Å². The summed E-state index contributed by atoms with van der Waals surface area (Å²) in [6.07, 6.45) is 0. The van der Waals surface area contributed by atoms with E-state index in [-0.39, 0.29) is 0 Å². The van der Waals surface area contributed by atoms with Gasteiger partial charge in [-0.2, -0.15) is 4.31 Å². The number of nitrogens with zero attached hydrogens (tertiary/aromatic N) is 1. The fraction of sp³-hybridized carbons (Fsp3) is 0.600. The predicted octanol–water partition coefficient (Wildman–Crippen LogP) is 1.77. The molecule has 1 heterocycles. The Kier molecular flexibility index (Phi) is 4.60. The summed E-state index contributed by atoms with van der Waals surface area (Å²) in [5, 5.41) is 3.24. The van der Waals surface area contributed by atoms with Crippen molar-refractivity contribution in [1.29, 1.82) is 0 Å². The Morgan fingerprint density at radius 3 is 2.67 bits per heavy atom. The van der Waals surface area contributed by atoms with E-state index in [1.165, 1.54) is 0 Å². The smallest absolute Gasteiger partial charge is 0.243 e. The standard InChI is InChI=1S/C15H24N2O3S/c1-5-20-14-7-6-13(10-12(14)2)21(18,19)17-9-8-16-11-15(17,3)4/h6-7,10,16H,5,8-9,11H2,1-4H3. The average Bonchev–Trinajstić information content (AvgIpc) is 2.40. The van der Waals surface area contributed by atoms with Gasteiger partial charge in [0.05, 0.1) is 11.5 Å². The number of hydrogen-bond acceptors (Lipinski definition) is 4. The molecule has 1 saturated heterocycles. The van der Waals surface area contributed by atoms with Gasteiger partial charge in [-0.15, -0.1) is 0 Å². The number of rotatable bonds is 4. The van der Waals surface area contributed by atoms with Gasteiger partial charge in [0.15, 0.2) is 0 Å². The first-order valence-electron chi connectivity index (χ1n) is 7.26. The fourth-order valence-electron chi connectivity index (χ4n) is 2.64. The SMILES string of the molecule is CCOc1ccc(S(=O)(=O)N2CCNCC2(C)C)cc1C. The summed E-state index contributed by atoms with van der Waals surface area (Å²) in [5.41, 5.74) is 0.412. The number of aryl methyl sites for hydroxylation is 1. The molecule has 0 radical (unpaired) electrons. The number of ether oxygens (including phenoxy) is 1. The van der Waals surface area contributed by atoms with Crippen LogP contribution in [-0.2, 0) is 10.0 Å². The minimum absolute atomic E-state index is 0.332. The Labute approximate surface area is 127 Å². The van der Waals surface area contributed by atoms with Gasteiger partial charge in [-0.1, -0.05) is 0 Å². The van der Waals surface area contributed by atoms with E-state index in [4.69, 9.17) is 4.74 Å². The molecule has 0 amide bonds.